The molecule has 19 heavy (non-hydrogen) atoms. The summed E-state index contributed by atoms with van der Waals surface area (Å²) in [6.07, 6.45) is 0.705. The molecule has 0 atom stereocenters. The van der Waals surface area contributed by atoms with E-state index in [1.54, 1.807) is 19.1 Å². The highest BCUT2D eigenvalue weighted by molar-refractivity contribution is 7.92. The van der Waals surface area contributed by atoms with Crippen molar-refractivity contribution in [1.82, 2.24) is 10.1 Å². The van der Waals surface area contributed by atoms with Crippen LogP contribution in [0, 0.1) is 6.92 Å². The molecule has 8 heteroatoms. The Labute approximate surface area is 110 Å². The summed E-state index contributed by atoms with van der Waals surface area (Å²) in [6.45, 7) is 2.12. The second-order valence-corrected chi connectivity index (χ2v) is 5.62. The van der Waals surface area contributed by atoms with Gasteiger partial charge in [0.05, 0.1) is 4.90 Å². The molecule has 1 aromatic carbocycles. The average Bonchev–Trinajstić information content (AvgIpc) is 2.75. The Morgan fingerprint density at radius 1 is 1.32 bits per heavy atom. The summed E-state index contributed by atoms with van der Waals surface area (Å²) in [6, 6.07) is 6.32. The number of sulfonamides is 1. The van der Waals surface area contributed by atoms with Crippen LogP contribution in [0.25, 0.3) is 0 Å². The van der Waals surface area contributed by atoms with Crippen molar-refractivity contribution < 1.29 is 12.9 Å². The second-order valence-electron chi connectivity index (χ2n) is 3.93. The lowest BCUT2D eigenvalue weighted by Crippen LogP contribution is -2.13. The minimum absolute atomic E-state index is 0.129. The van der Waals surface area contributed by atoms with Gasteiger partial charge in [-0.2, -0.15) is 4.98 Å². The van der Waals surface area contributed by atoms with E-state index in [4.69, 9.17) is 10.3 Å². The molecule has 0 spiro atoms. The number of anilines is 1. The molecule has 0 saturated heterocycles. The van der Waals surface area contributed by atoms with E-state index in [9.17, 15) is 8.42 Å². The largest absolute Gasteiger partial charge is 0.335 e. The van der Waals surface area contributed by atoms with E-state index in [0.717, 1.165) is 5.56 Å². The summed E-state index contributed by atoms with van der Waals surface area (Å²) >= 11 is 0. The lowest BCUT2D eigenvalue weighted by atomic mass is 10.2. The van der Waals surface area contributed by atoms with Crippen LogP contribution >= 0.6 is 0 Å². The Morgan fingerprint density at radius 2 is 2.00 bits per heavy atom. The lowest BCUT2D eigenvalue weighted by molar-refractivity contribution is 0.429. The minimum atomic E-state index is -3.71. The number of nitrogens with two attached hydrogens (primary N) is 1. The summed E-state index contributed by atoms with van der Waals surface area (Å²) in [5, 5.41) is 3.51. The van der Waals surface area contributed by atoms with Crippen LogP contribution in [0.3, 0.4) is 0 Å². The third-order valence-electron chi connectivity index (χ3n) is 2.42. The number of hydrogen-bond donors (Lipinski definition) is 2. The maximum atomic E-state index is 12.0. The number of hydrogen-bond acceptors (Lipinski definition) is 6. The number of aryl methyl sites for hydroxylation is 1. The fraction of sp³-hybridized carbons (Fsp3) is 0.273. The normalized spacial score (nSPS) is 11.5. The summed E-state index contributed by atoms with van der Waals surface area (Å²) in [7, 11) is -3.71. The predicted molar refractivity (Wildman–Crippen MR) is 69.0 cm³/mol. The first-order valence-electron chi connectivity index (χ1n) is 5.63. The van der Waals surface area contributed by atoms with E-state index >= 15 is 0 Å². The average molecular weight is 282 g/mol. The Balaban J connectivity index is 2.19. The SMILES string of the molecule is Cc1noc(NS(=O)(=O)c2ccc(CCN)cc2)n1. The molecule has 1 heterocycles. The molecule has 0 fully saturated rings. The van der Waals surface area contributed by atoms with Crippen molar-refractivity contribution in [1.29, 1.82) is 0 Å². The third kappa shape index (κ3) is 3.30. The first-order valence-corrected chi connectivity index (χ1v) is 7.12. The Bertz CT molecular complexity index is 649. The van der Waals surface area contributed by atoms with Crippen LogP contribution in [0.5, 0.6) is 0 Å². The van der Waals surface area contributed by atoms with Gasteiger partial charge in [0.15, 0.2) is 5.82 Å². The van der Waals surface area contributed by atoms with E-state index in [1.807, 2.05) is 0 Å². The first kappa shape index (κ1) is 13.5. The maximum Gasteiger partial charge on any atom is 0.335 e. The topological polar surface area (TPSA) is 111 Å². The Morgan fingerprint density at radius 3 is 2.53 bits per heavy atom. The molecule has 0 amide bonds. The van der Waals surface area contributed by atoms with Crippen LogP contribution in [0.15, 0.2) is 33.7 Å². The van der Waals surface area contributed by atoms with Crippen LogP contribution in [-0.2, 0) is 16.4 Å². The van der Waals surface area contributed by atoms with Crippen LogP contribution in [0.2, 0.25) is 0 Å². The zero-order chi connectivity index (χ0) is 13.9. The number of aromatic nitrogens is 2. The molecule has 2 rings (SSSR count). The monoisotopic (exact) mass is 282 g/mol. The van der Waals surface area contributed by atoms with Crippen molar-refractivity contribution in [2.24, 2.45) is 5.73 Å². The summed E-state index contributed by atoms with van der Waals surface area (Å²) < 4.78 is 31.0. The van der Waals surface area contributed by atoms with Crippen molar-refractivity contribution in [3.8, 4) is 0 Å². The molecule has 1 aromatic heterocycles. The van der Waals surface area contributed by atoms with E-state index < -0.39 is 10.0 Å². The van der Waals surface area contributed by atoms with Crippen LogP contribution in [-0.4, -0.2) is 25.1 Å². The van der Waals surface area contributed by atoms with E-state index in [0.29, 0.717) is 18.8 Å². The number of benzene rings is 1. The predicted octanol–water partition coefficient (Wildman–Crippen LogP) is 0.680. The molecule has 2 aromatic rings. The van der Waals surface area contributed by atoms with Gasteiger partial charge in [-0.05, 0) is 37.6 Å². The number of rotatable bonds is 5. The smallest absolute Gasteiger partial charge is 0.330 e. The molecule has 3 N–H and O–H groups in total. The maximum absolute atomic E-state index is 12.0. The van der Waals surface area contributed by atoms with Gasteiger partial charge in [-0.15, -0.1) is 0 Å². The molecule has 0 aliphatic heterocycles. The molecule has 0 radical (unpaired) electrons. The highest BCUT2D eigenvalue weighted by atomic mass is 32.2. The molecular formula is C11H14N4O3S. The fourth-order valence-corrected chi connectivity index (χ4v) is 2.44. The minimum Gasteiger partial charge on any atom is -0.330 e. The second kappa shape index (κ2) is 5.37. The zero-order valence-electron chi connectivity index (χ0n) is 10.3. The van der Waals surface area contributed by atoms with E-state index in [2.05, 4.69) is 14.9 Å². The number of nitrogens with zero attached hydrogens (tertiary/aromatic N) is 2. The fourth-order valence-electron chi connectivity index (χ4n) is 1.51. The number of nitrogens with one attached hydrogen (secondary N) is 1. The molecule has 0 unspecified atom stereocenters. The van der Waals surface area contributed by atoms with Crippen LogP contribution in [0.1, 0.15) is 11.4 Å². The highest BCUT2D eigenvalue weighted by Gasteiger charge is 2.17. The molecule has 0 aliphatic carbocycles. The summed E-state index contributed by atoms with van der Waals surface area (Å²) in [5.74, 6) is 0.357. The molecule has 0 bridgehead atoms. The Kier molecular flexibility index (Phi) is 3.82. The molecular weight excluding hydrogens is 268 g/mol. The first-order chi connectivity index (χ1) is 9.01. The quantitative estimate of drug-likeness (QED) is 0.834. The lowest BCUT2D eigenvalue weighted by Gasteiger charge is -2.05. The van der Waals surface area contributed by atoms with Crippen molar-refractivity contribution in [2.45, 2.75) is 18.2 Å². The summed E-state index contributed by atoms with van der Waals surface area (Å²) in [4.78, 5) is 3.91. The van der Waals surface area contributed by atoms with Crippen molar-refractivity contribution in [3.63, 3.8) is 0 Å². The van der Waals surface area contributed by atoms with Crippen LogP contribution in [0.4, 0.5) is 6.01 Å². The third-order valence-corrected chi connectivity index (χ3v) is 3.75. The van der Waals surface area contributed by atoms with Gasteiger partial charge < -0.3 is 10.3 Å². The summed E-state index contributed by atoms with van der Waals surface area (Å²) in [5.41, 5.74) is 6.41. The van der Waals surface area contributed by atoms with Crippen molar-refractivity contribution in [3.05, 3.63) is 35.7 Å². The Hall–Kier alpha value is -1.93. The van der Waals surface area contributed by atoms with Crippen LogP contribution < -0.4 is 10.5 Å². The zero-order valence-corrected chi connectivity index (χ0v) is 11.1. The van der Waals surface area contributed by atoms with E-state index in [-0.39, 0.29) is 10.9 Å². The van der Waals surface area contributed by atoms with Crippen molar-refractivity contribution >= 4 is 16.0 Å². The molecule has 7 nitrogen and oxygen atoms in total. The van der Waals surface area contributed by atoms with E-state index in [1.165, 1.54) is 12.1 Å². The van der Waals surface area contributed by atoms with Gasteiger partial charge in [0.2, 0.25) is 0 Å². The van der Waals surface area contributed by atoms with Gasteiger partial charge in [0, 0.05) is 0 Å². The molecule has 102 valence electrons. The molecule has 0 aliphatic rings. The van der Waals surface area contributed by atoms with Crippen molar-refractivity contribution in [2.75, 3.05) is 11.3 Å². The van der Waals surface area contributed by atoms with Gasteiger partial charge in [-0.1, -0.05) is 17.3 Å². The van der Waals surface area contributed by atoms with Gasteiger partial charge in [-0.3, -0.25) is 0 Å². The standard InChI is InChI=1S/C11H14N4O3S/c1-8-13-11(18-14-8)15-19(16,17)10-4-2-9(3-5-10)6-7-12/h2-5H,6-7,12H2,1H3,(H,13,14,15). The van der Waals surface area contributed by atoms with Gasteiger partial charge in [0.1, 0.15) is 0 Å². The van der Waals surface area contributed by atoms with Gasteiger partial charge in [0.25, 0.3) is 10.0 Å². The van der Waals surface area contributed by atoms with Gasteiger partial charge >= 0.3 is 6.01 Å². The van der Waals surface area contributed by atoms with Gasteiger partial charge in [-0.25, -0.2) is 13.1 Å². The molecule has 0 saturated carbocycles. The highest BCUT2D eigenvalue weighted by Crippen LogP contribution is 2.15.